The van der Waals surface area contributed by atoms with Gasteiger partial charge in [0, 0.05) is 54.6 Å². The minimum Gasteiger partial charge on any atom is -0.465 e. The Bertz CT molecular complexity index is 2460. The molecule has 3 aromatic carbocycles. The predicted molar refractivity (Wildman–Crippen MR) is 210 cm³/mol. The molecule has 3 aromatic rings. The van der Waals surface area contributed by atoms with Gasteiger partial charge in [0.2, 0.25) is 5.36 Å². The van der Waals surface area contributed by atoms with Gasteiger partial charge in [-0.3, -0.25) is 9.11 Å². The molecule has 0 aromatic heterocycles. The van der Waals surface area contributed by atoms with Crippen LogP contribution in [0.3, 0.4) is 0 Å². The number of benzene rings is 3. The van der Waals surface area contributed by atoms with Crippen LogP contribution in [-0.4, -0.2) is 75.7 Å². The standard InChI is InChI=1S/C38H42N2O9S2.C2H6/c1-21(2)22-10-11-25(36(41)48-9)28(12-22)35-29-13-26-23(19-50(42,43)44)17-37(3,4)39(7)31(26)15-33(29)49-34-16-32-27(14-30(34)35)24(20-51(45,46)47)18-38(5,6)40(32)8;1-2/h10-18,21H,19-20H2,1-9H3,(H-,42,43,44,45,46,47);1-2H3/p+1. The molecule has 2 N–H and O–H groups in total. The van der Waals surface area contributed by atoms with Crippen molar-refractivity contribution >= 4 is 48.6 Å². The molecular weight excluding hydrogens is 717 g/mol. The number of rotatable bonds is 7. The van der Waals surface area contributed by atoms with E-state index < -0.39 is 48.8 Å². The molecule has 0 amide bonds. The first-order valence-corrected chi connectivity index (χ1v) is 20.7. The van der Waals surface area contributed by atoms with Gasteiger partial charge in [-0.25, -0.2) is 9.37 Å². The molecule has 0 unspecified atom stereocenters. The summed E-state index contributed by atoms with van der Waals surface area (Å²) in [6.07, 6.45) is 3.62. The number of likely N-dealkylation sites (N-methyl/N-ethyl adjacent to an activating group) is 2. The molecule has 13 heteroatoms. The lowest BCUT2D eigenvalue weighted by atomic mass is 9.83. The van der Waals surface area contributed by atoms with Crippen LogP contribution < -0.4 is 24.8 Å². The molecule has 6 rings (SSSR count). The third-order valence-electron chi connectivity index (χ3n) is 10.2. The average molecular weight is 766 g/mol. The quantitative estimate of drug-likeness (QED) is 0.137. The zero-order valence-electron chi connectivity index (χ0n) is 32.2. The van der Waals surface area contributed by atoms with Crippen LogP contribution in [0.1, 0.15) is 99.5 Å². The summed E-state index contributed by atoms with van der Waals surface area (Å²) < 4.78 is 83.0. The molecule has 3 aliphatic rings. The fourth-order valence-corrected chi connectivity index (χ4v) is 8.46. The highest BCUT2D eigenvalue weighted by atomic mass is 32.2. The maximum Gasteiger partial charge on any atom is 0.338 e. The summed E-state index contributed by atoms with van der Waals surface area (Å²) in [5.74, 6) is -0.812. The van der Waals surface area contributed by atoms with Crippen molar-refractivity contribution < 1.29 is 40.2 Å². The number of fused-ring (bicyclic) bond motifs is 4. The summed E-state index contributed by atoms with van der Waals surface area (Å²) in [6.45, 7) is 15.8. The Morgan fingerprint density at radius 1 is 0.849 bits per heavy atom. The number of esters is 1. The highest BCUT2D eigenvalue weighted by molar-refractivity contribution is 7.86. The van der Waals surface area contributed by atoms with Crippen LogP contribution in [0, 0.1) is 0 Å². The Hall–Kier alpha value is -4.30. The smallest absolute Gasteiger partial charge is 0.338 e. The lowest BCUT2D eigenvalue weighted by Gasteiger charge is -2.41. The number of carbonyl (C=O) groups is 1. The van der Waals surface area contributed by atoms with Crippen molar-refractivity contribution in [2.24, 2.45) is 0 Å². The number of methoxy groups -OCH3 is 1. The van der Waals surface area contributed by atoms with Crippen LogP contribution in [0.5, 0.6) is 11.5 Å². The predicted octanol–water partition coefficient (Wildman–Crippen LogP) is 5.66. The molecule has 0 spiro atoms. The SMILES string of the molecule is CC.COC(=O)c1ccc(C(C)C)cc1C1=c2cc3c(cc2Oc2cc4c(cc21)C(CS(=O)(=O)O)=CC(C)(C)N4C)=[N+](C)C(C)(C)C=C3CS(=O)(=O)O. The van der Waals surface area contributed by atoms with Crippen LogP contribution in [-0.2, 0) is 25.0 Å². The molecule has 0 saturated heterocycles. The second kappa shape index (κ2) is 13.8. The molecule has 53 heavy (non-hydrogen) atoms. The topological polar surface area (TPSA) is 151 Å². The first kappa shape index (κ1) is 39.9. The molecular formula is C40H49N2O9S2+. The lowest BCUT2D eigenvalue weighted by molar-refractivity contribution is 0.0600. The van der Waals surface area contributed by atoms with E-state index in [9.17, 15) is 30.7 Å². The van der Waals surface area contributed by atoms with Gasteiger partial charge in [-0.2, -0.15) is 16.8 Å². The van der Waals surface area contributed by atoms with Crippen LogP contribution in [0.4, 0.5) is 5.69 Å². The fourth-order valence-electron chi connectivity index (χ4n) is 7.19. The Morgan fingerprint density at radius 2 is 1.45 bits per heavy atom. The van der Waals surface area contributed by atoms with Gasteiger partial charge in [0.15, 0.2) is 5.54 Å². The molecule has 0 fully saturated rings. The monoisotopic (exact) mass is 765 g/mol. The second-order valence-electron chi connectivity index (χ2n) is 14.9. The highest BCUT2D eigenvalue weighted by Gasteiger charge is 2.37. The van der Waals surface area contributed by atoms with Crippen LogP contribution in [0.15, 0.2) is 54.6 Å². The Balaban J connectivity index is 0.00000266. The summed E-state index contributed by atoms with van der Waals surface area (Å²) in [5, 5.41) is 1.23. The second-order valence-corrected chi connectivity index (χ2v) is 17.8. The van der Waals surface area contributed by atoms with E-state index in [1.807, 2.05) is 128 Å². The molecule has 284 valence electrons. The van der Waals surface area contributed by atoms with Crippen molar-refractivity contribution in [1.82, 2.24) is 4.58 Å². The Kier molecular flexibility index (Phi) is 10.4. The van der Waals surface area contributed by atoms with Crippen molar-refractivity contribution in [1.29, 1.82) is 0 Å². The number of nitrogens with zero attached hydrogens (tertiary/aromatic N) is 2. The Labute approximate surface area is 312 Å². The Morgan fingerprint density at radius 3 is 2.02 bits per heavy atom. The molecule has 0 atom stereocenters. The first-order valence-electron chi connectivity index (χ1n) is 17.5. The van der Waals surface area contributed by atoms with Gasteiger partial charge in [-0.15, -0.1) is 0 Å². The van der Waals surface area contributed by atoms with E-state index in [2.05, 4.69) is 0 Å². The van der Waals surface area contributed by atoms with E-state index >= 15 is 0 Å². The average Bonchev–Trinajstić information content (AvgIpc) is 3.06. The minimum atomic E-state index is -4.42. The van der Waals surface area contributed by atoms with Gasteiger partial charge in [-0.05, 0) is 72.4 Å². The van der Waals surface area contributed by atoms with Gasteiger partial charge < -0.3 is 14.4 Å². The van der Waals surface area contributed by atoms with Crippen molar-refractivity contribution in [2.75, 3.05) is 37.6 Å². The van der Waals surface area contributed by atoms with Crippen LogP contribution >= 0.6 is 0 Å². The van der Waals surface area contributed by atoms with Crippen LogP contribution in [0.25, 0.3) is 16.7 Å². The number of anilines is 1. The van der Waals surface area contributed by atoms with Gasteiger partial charge in [0.1, 0.15) is 30.1 Å². The van der Waals surface area contributed by atoms with E-state index in [1.54, 1.807) is 6.07 Å². The third kappa shape index (κ3) is 7.57. The summed E-state index contributed by atoms with van der Waals surface area (Å²) in [5.41, 5.74) is 4.26. The van der Waals surface area contributed by atoms with Crippen molar-refractivity contribution in [3.05, 3.63) is 98.6 Å². The zero-order valence-corrected chi connectivity index (χ0v) is 33.8. The van der Waals surface area contributed by atoms with Gasteiger partial charge in [0.25, 0.3) is 20.2 Å². The number of ether oxygens (including phenoxy) is 2. The van der Waals surface area contributed by atoms with E-state index in [0.29, 0.717) is 66.7 Å². The molecule has 0 saturated carbocycles. The van der Waals surface area contributed by atoms with Crippen molar-refractivity contribution in [3.63, 3.8) is 0 Å². The highest BCUT2D eigenvalue weighted by Crippen LogP contribution is 2.47. The van der Waals surface area contributed by atoms with Gasteiger partial charge in [0.05, 0.1) is 29.8 Å². The maximum absolute atomic E-state index is 13.4. The van der Waals surface area contributed by atoms with Gasteiger partial charge in [-0.1, -0.05) is 39.8 Å². The first-order chi connectivity index (χ1) is 24.5. The number of hydrogen-bond acceptors (Lipinski definition) is 8. The number of carbonyl (C=O) groups excluding carboxylic acids is 1. The zero-order chi connectivity index (χ0) is 39.6. The lowest BCUT2D eigenvalue weighted by Crippen LogP contribution is -2.47. The van der Waals surface area contributed by atoms with E-state index in [1.165, 1.54) is 7.11 Å². The molecule has 3 aliphatic heterocycles. The van der Waals surface area contributed by atoms with Gasteiger partial charge >= 0.3 is 5.97 Å². The van der Waals surface area contributed by atoms with Crippen molar-refractivity contribution in [2.45, 2.75) is 72.4 Å². The largest absolute Gasteiger partial charge is 0.465 e. The van der Waals surface area contributed by atoms with E-state index in [-0.39, 0.29) is 11.5 Å². The summed E-state index contributed by atoms with van der Waals surface area (Å²) in [6, 6.07) is 12.8. The van der Waals surface area contributed by atoms with E-state index in [0.717, 1.165) is 5.56 Å². The molecule has 0 radical (unpaired) electrons. The van der Waals surface area contributed by atoms with Crippen molar-refractivity contribution in [3.8, 4) is 11.5 Å². The molecule has 11 nitrogen and oxygen atoms in total. The minimum absolute atomic E-state index is 0.0854. The number of hydrogen-bond donors (Lipinski definition) is 2. The molecule has 0 aliphatic carbocycles. The third-order valence-corrected chi connectivity index (χ3v) is 11.6. The fraction of sp³-hybridized carbons (Fsp3) is 0.400. The van der Waals surface area contributed by atoms with E-state index in [4.69, 9.17) is 9.47 Å². The summed E-state index contributed by atoms with van der Waals surface area (Å²) >= 11 is 0. The molecule has 3 heterocycles. The maximum atomic E-state index is 13.4. The normalized spacial score (nSPS) is 16.9. The van der Waals surface area contributed by atoms with Crippen LogP contribution in [0.2, 0.25) is 0 Å². The summed E-state index contributed by atoms with van der Waals surface area (Å²) in [7, 11) is -3.74. The summed E-state index contributed by atoms with van der Waals surface area (Å²) in [4.78, 5) is 15.4. The molecule has 0 bridgehead atoms.